The van der Waals surface area contributed by atoms with Crippen molar-refractivity contribution in [2.75, 3.05) is 0 Å². The number of aryl methyl sites for hydroxylation is 1. The van der Waals surface area contributed by atoms with Crippen LogP contribution in [0.2, 0.25) is 5.02 Å². The van der Waals surface area contributed by atoms with E-state index in [0.29, 0.717) is 0 Å². The molecule has 1 aliphatic rings. The molecule has 0 heterocycles. The van der Waals surface area contributed by atoms with E-state index >= 15 is 0 Å². The Kier molecular flexibility index (Phi) is 3.71. The SMILES string of the molecule is Clc1ccc2c(c1)C(c1ccccc1)(c1ccccc1)CCC2. The lowest BCUT2D eigenvalue weighted by atomic mass is 9.62. The first-order chi connectivity index (χ1) is 11.3. The Bertz CT molecular complexity index is 766. The Morgan fingerprint density at radius 3 is 1.96 bits per heavy atom. The highest BCUT2D eigenvalue weighted by molar-refractivity contribution is 6.30. The van der Waals surface area contributed by atoms with Crippen molar-refractivity contribution in [3.8, 4) is 0 Å². The molecule has 0 bridgehead atoms. The van der Waals surface area contributed by atoms with Gasteiger partial charge < -0.3 is 0 Å². The maximum absolute atomic E-state index is 6.38. The van der Waals surface area contributed by atoms with E-state index < -0.39 is 0 Å². The van der Waals surface area contributed by atoms with Crippen LogP contribution in [0.15, 0.2) is 78.9 Å². The minimum Gasteiger partial charge on any atom is -0.0843 e. The van der Waals surface area contributed by atoms with Gasteiger partial charge in [0, 0.05) is 10.4 Å². The number of rotatable bonds is 2. The van der Waals surface area contributed by atoms with E-state index in [1.165, 1.54) is 28.7 Å². The molecule has 23 heavy (non-hydrogen) atoms. The summed E-state index contributed by atoms with van der Waals surface area (Å²) in [5, 5.41) is 0.821. The predicted octanol–water partition coefficient (Wildman–Crippen LogP) is 6.01. The molecule has 0 aliphatic heterocycles. The first-order valence-corrected chi connectivity index (χ1v) is 8.58. The highest BCUT2D eigenvalue weighted by atomic mass is 35.5. The van der Waals surface area contributed by atoms with Crippen molar-refractivity contribution in [2.45, 2.75) is 24.7 Å². The fourth-order valence-corrected chi connectivity index (χ4v) is 4.23. The molecule has 0 nitrogen and oxygen atoms in total. The van der Waals surface area contributed by atoms with Crippen molar-refractivity contribution in [2.24, 2.45) is 0 Å². The maximum Gasteiger partial charge on any atom is 0.0454 e. The second-order valence-electron chi connectivity index (χ2n) is 6.29. The quantitative estimate of drug-likeness (QED) is 0.542. The normalized spacial score (nSPS) is 15.9. The van der Waals surface area contributed by atoms with Crippen molar-refractivity contribution < 1.29 is 0 Å². The summed E-state index contributed by atoms with van der Waals surface area (Å²) in [6.45, 7) is 0. The van der Waals surface area contributed by atoms with Crippen LogP contribution in [0, 0.1) is 0 Å². The van der Waals surface area contributed by atoms with Crippen LogP contribution in [0.1, 0.15) is 35.1 Å². The zero-order valence-electron chi connectivity index (χ0n) is 13.0. The third-order valence-corrected chi connectivity index (χ3v) is 5.30. The zero-order valence-corrected chi connectivity index (χ0v) is 13.8. The van der Waals surface area contributed by atoms with Crippen molar-refractivity contribution in [1.29, 1.82) is 0 Å². The van der Waals surface area contributed by atoms with Gasteiger partial charge in [0.25, 0.3) is 0 Å². The lowest BCUT2D eigenvalue weighted by Gasteiger charge is -2.40. The van der Waals surface area contributed by atoms with Gasteiger partial charge in [-0.25, -0.2) is 0 Å². The molecule has 0 saturated carbocycles. The highest BCUT2D eigenvalue weighted by Gasteiger charge is 2.39. The third-order valence-electron chi connectivity index (χ3n) is 5.06. The summed E-state index contributed by atoms with van der Waals surface area (Å²) in [5.41, 5.74) is 5.41. The molecule has 0 amide bonds. The van der Waals surface area contributed by atoms with Crippen molar-refractivity contribution in [3.05, 3.63) is 106 Å². The largest absolute Gasteiger partial charge is 0.0843 e. The van der Waals surface area contributed by atoms with E-state index in [1.54, 1.807) is 0 Å². The van der Waals surface area contributed by atoms with E-state index in [4.69, 9.17) is 11.6 Å². The number of halogens is 1. The summed E-state index contributed by atoms with van der Waals surface area (Å²) in [7, 11) is 0. The van der Waals surface area contributed by atoms with Crippen LogP contribution in [0.3, 0.4) is 0 Å². The molecular weight excluding hydrogens is 300 g/mol. The molecule has 0 unspecified atom stereocenters. The summed E-state index contributed by atoms with van der Waals surface area (Å²) in [4.78, 5) is 0. The minimum atomic E-state index is -0.0962. The second-order valence-corrected chi connectivity index (χ2v) is 6.73. The maximum atomic E-state index is 6.38. The van der Waals surface area contributed by atoms with Gasteiger partial charge >= 0.3 is 0 Å². The lowest BCUT2D eigenvalue weighted by molar-refractivity contribution is 0.497. The summed E-state index contributed by atoms with van der Waals surface area (Å²) >= 11 is 6.38. The molecule has 0 aromatic heterocycles. The monoisotopic (exact) mass is 318 g/mol. The van der Waals surface area contributed by atoms with Crippen LogP contribution in [-0.4, -0.2) is 0 Å². The van der Waals surface area contributed by atoms with Gasteiger partial charge in [0.05, 0.1) is 0 Å². The lowest BCUT2D eigenvalue weighted by Crippen LogP contribution is -2.33. The van der Waals surface area contributed by atoms with Crippen LogP contribution in [0.5, 0.6) is 0 Å². The van der Waals surface area contributed by atoms with Gasteiger partial charge in [0.1, 0.15) is 0 Å². The van der Waals surface area contributed by atoms with E-state index in [1.807, 2.05) is 6.07 Å². The number of hydrogen-bond acceptors (Lipinski definition) is 0. The van der Waals surface area contributed by atoms with Crippen LogP contribution < -0.4 is 0 Å². The summed E-state index contributed by atoms with van der Waals surface area (Å²) in [6.07, 6.45) is 3.45. The fraction of sp³-hybridized carbons (Fsp3) is 0.182. The topological polar surface area (TPSA) is 0 Å². The molecule has 3 aromatic carbocycles. The van der Waals surface area contributed by atoms with Gasteiger partial charge in [-0.1, -0.05) is 78.3 Å². The smallest absolute Gasteiger partial charge is 0.0454 e. The molecule has 114 valence electrons. The van der Waals surface area contributed by atoms with Crippen LogP contribution in [-0.2, 0) is 11.8 Å². The van der Waals surface area contributed by atoms with E-state index in [-0.39, 0.29) is 5.41 Å². The zero-order chi connectivity index (χ0) is 15.7. The Morgan fingerprint density at radius 1 is 0.739 bits per heavy atom. The molecule has 0 atom stereocenters. The Balaban J connectivity index is 2.05. The summed E-state index contributed by atoms with van der Waals surface area (Å²) in [6, 6.07) is 28.1. The molecule has 3 aromatic rings. The molecule has 4 rings (SSSR count). The minimum absolute atomic E-state index is 0.0962. The molecular formula is C22H19Cl. The second kappa shape index (κ2) is 5.86. The number of hydrogen-bond donors (Lipinski definition) is 0. The molecule has 0 saturated heterocycles. The summed E-state index contributed by atoms with van der Waals surface area (Å²) < 4.78 is 0. The fourth-order valence-electron chi connectivity index (χ4n) is 4.05. The molecule has 0 N–H and O–H groups in total. The molecule has 0 spiro atoms. The predicted molar refractivity (Wildman–Crippen MR) is 97.2 cm³/mol. The van der Waals surface area contributed by atoms with Gasteiger partial charge in [-0.2, -0.15) is 0 Å². The third kappa shape index (κ3) is 2.38. The van der Waals surface area contributed by atoms with Crippen LogP contribution >= 0.6 is 11.6 Å². The first-order valence-electron chi connectivity index (χ1n) is 8.21. The van der Waals surface area contributed by atoms with Crippen molar-refractivity contribution >= 4 is 11.6 Å². The Morgan fingerprint density at radius 2 is 1.35 bits per heavy atom. The number of benzene rings is 3. The standard InChI is InChI=1S/C22H19Cl/c23-20-14-13-17-8-7-15-22(21(17)16-20,18-9-3-1-4-10-18)19-11-5-2-6-12-19/h1-6,9-14,16H,7-8,15H2. The highest BCUT2D eigenvalue weighted by Crippen LogP contribution is 2.48. The average molecular weight is 319 g/mol. The molecule has 1 heteroatoms. The van der Waals surface area contributed by atoms with Gasteiger partial charge in [-0.3, -0.25) is 0 Å². The number of fused-ring (bicyclic) bond motifs is 1. The van der Waals surface area contributed by atoms with E-state index in [9.17, 15) is 0 Å². The van der Waals surface area contributed by atoms with Gasteiger partial charge in [0.2, 0.25) is 0 Å². The molecule has 0 radical (unpaired) electrons. The Labute approximate surface area is 142 Å². The van der Waals surface area contributed by atoms with Crippen molar-refractivity contribution in [3.63, 3.8) is 0 Å². The molecule has 1 aliphatic carbocycles. The van der Waals surface area contributed by atoms with Gasteiger partial charge in [-0.15, -0.1) is 0 Å². The van der Waals surface area contributed by atoms with Gasteiger partial charge in [0.15, 0.2) is 0 Å². The first kappa shape index (κ1) is 14.5. The Hall–Kier alpha value is -2.05. The van der Waals surface area contributed by atoms with Crippen LogP contribution in [0.25, 0.3) is 0 Å². The van der Waals surface area contributed by atoms with Crippen molar-refractivity contribution in [1.82, 2.24) is 0 Å². The van der Waals surface area contributed by atoms with E-state index in [0.717, 1.165) is 17.9 Å². The summed E-state index contributed by atoms with van der Waals surface area (Å²) in [5.74, 6) is 0. The molecule has 0 fully saturated rings. The average Bonchev–Trinajstić information content (AvgIpc) is 2.62. The van der Waals surface area contributed by atoms with Crippen LogP contribution in [0.4, 0.5) is 0 Å². The van der Waals surface area contributed by atoms with Gasteiger partial charge in [-0.05, 0) is 53.6 Å². The van der Waals surface area contributed by atoms with E-state index in [2.05, 4.69) is 72.8 Å².